The Morgan fingerprint density at radius 2 is 1.29 bits per heavy atom. The lowest BCUT2D eigenvalue weighted by Crippen LogP contribution is -1.84. The molecule has 0 fully saturated rings. The summed E-state index contributed by atoms with van der Waals surface area (Å²) in [6.45, 7) is 0. The average Bonchev–Trinajstić information content (AvgIpc) is 2.42. The van der Waals surface area contributed by atoms with E-state index in [2.05, 4.69) is 55.3 Å². The van der Waals surface area contributed by atoms with Gasteiger partial charge >= 0.3 is 0 Å². The minimum absolute atomic E-state index is 1.03. The van der Waals surface area contributed by atoms with Crippen LogP contribution < -0.4 is 0 Å². The van der Waals surface area contributed by atoms with Crippen LogP contribution in [0.5, 0.6) is 0 Å². The van der Waals surface area contributed by atoms with E-state index in [1.54, 1.807) is 11.8 Å². The van der Waals surface area contributed by atoms with Gasteiger partial charge < -0.3 is 0 Å². The third-order valence-corrected chi connectivity index (χ3v) is 3.98. The second kappa shape index (κ2) is 5.99. The van der Waals surface area contributed by atoms with E-state index in [9.17, 15) is 0 Å². The Balaban J connectivity index is 2.48. The second-order valence-corrected chi connectivity index (χ2v) is 4.88. The van der Waals surface area contributed by atoms with Crippen molar-refractivity contribution < 1.29 is 0 Å². The first-order valence-electron chi connectivity index (χ1n) is 5.41. The largest absolute Gasteiger partial charge is 0.142 e. The Labute approximate surface area is 112 Å². The topological polar surface area (TPSA) is 0 Å². The van der Waals surface area contributed by atoms with Crippen molar-refractivity contribution >= 4 is 34.2 Å². The number of thiol groups is 1. The lowest BCUT2D eigenvalue weighted by Gasteiger charge is -2.09. The molecule has 0 saturated heterocycles. The summed E-state index contributed by atoms with van der Waals surface area (Å²) >= 11 is 6.39. The number of thioether (sulfide) groups is 1. The summed E-state index contributed by atoms with van der Waals surface area (Å²) in [6.07, 6.45) is 2.08. The fraction of sp³-hybridized carbons (Fsp3) is 0.0667. The summed E-state index contributed by atoms with van der Waals surface area (Å²) in [5, 5.41) is 0. The second-order valence-electron chi connectivity index (χ2n) is 3.61. The van der Waals surface area contributed by atoms with E-state index in [-0.39, 0.29) is 0 Å². The van der Waals surface area contributed by atoms with Crippen molar-refractivity contribution in [1.29, 1.82) is 0 Å². The van der Waals surface area contributed by atoms with E-state index >= 15 is 0 Å². The fourth-order valence-corrected chi connectivity index (χ4v) is 2.90. The van der Waals surface area contributed by atoms with Crippen LogP contribution in [0.3, 0.4) is 0 Å². The van der Waals surface area contributed by atoms with Gasteiger partial charge in [-0.25, -0.2) is 0 Å². The van der Waals surface area contributed by atoms with E-state index < -0.39 is 0 Å². The molecule has 0 heterocycles. The highest BCUT2D eigenvalue weighted by molar-refractivity contribution is 8.09. The summed E-state index contributed by atoms with van der Waals surface area (Å²) in [5.41, 5.74) is 2.37. The van der Waals surface area contributed by atoms with Crippen LogP contribution in [-0.2, 0) is 0 Å². The maximum atomic E-state index is 4.66. The molecule has 2 heteroatoms. The van der Waals surface area contributed by atoms with E-state index in [0.29, 0.717) is 0 Å². The van der Waals surface area contributed by atoms with Crippen molar-refractivity contribution in [2.45, 2.75) is 0 Å². The molecule has 0 saturated carbocycles. The minimum Gasteiger partial charge on any atom is -0.142 e. The zero-order valence-electron chi connectivity index (χ0n) is 9.63. The molecule has 17 heavy (non-hydrogen) atoms. The van der Waals surface area contributed by atoms with Crippen molar-refractivity contribution in [3.63, 3.8) is 0 Å². The molecule has 2 aromatic carbocycles. The van der Waals surface area contributed by atoms with Gasteiger partial charge in [-0.3, -0.25) is 0 Å². The zero-order chi connectivity index (χ0) is 12.1. The maximum absolute atomic E-state index is 4.66. The lowest BCUT2D eigenvalue weighted by molar-refractivity contribution is 1.63. The number of hydrogen-bond acceptors (Lipinski definition) is 2. The van der Waals surface area contributed by atoms with Gasteiger partial charge in [-0.15, -0.1) is 24.4 Å². The number of rotatable bonds is 3. The van der Waals surface area contributed by atoms with Crippen LogP contribution in [0, 0.1) is 0 Å². The molecule has 0 nitrogen and oxygen atoms in total. The maximum Gasteiger partial charge on any atom is 0.0281 e. The molecule has 0 aliphatic rings. The van der Waals surface area contributed by atoms with Crippen LogP contribution in [0.15, 0.2) is 60.7 Å². The van der Waals surface area contributed by atoms with Crippen molar-refractivity contribution in [3.05, 3.63) is 71.8 Å². The molecule has 0 aliphatic carbocycles. The Morgan fingerprint density at radius 1 is 0.824 bits per heavy atom. The van der Waals surface area contributed by atoms with Crippen LogP contribution in [0.4, 0.5) is 0 Å². The van der Waals surface area contributed by atoms with Crippen molar-refractivity contribution in [2.24, 2.45) is 0 Å². The molecule has 0 aliphatic heterocycles. The normalized spacial score (nSPS) is 12.1. The summed E-state index contributed by atoms with van der Waals surface area (Å²) in [7, 11) is 0. The van der Waals surface area contributed by atoms with Gasteiger partial charge in [0.15, 0.2) is 0 Å². The van der Waals surface area contributed by atoms with Crippen LogP contribution in [0.2, 0.25) is 0 Å². The molecule has 0 aromatic heterocycles. The fourth-order valence-electron chi connectivity index (χ4n) is 1.67. The van der Waals surface area contributed by atoms with Gasteiger partial charge in [-0.05, 0) is 17.4 Å². The molecule has 86 valence electrons. The van der Waals surface area contributed by atoms with Crippen LogP contribution >= 0.6 is 24.4 Å². The van der Waals surface area contributed by atoms with Gasteiger partial charge in [0.2, 0.25) is 0 Å². The first-order valence-corrected chi connectivity index (χ1v) is 7.08. The monoisotopic (exact) mass is 258 g/mol. The highest BCUT2D eigenvalue weighted by Crippen LogP contribution is 2.35. The minimum atomic E-state index is 1.03. The molecule has 0 atom stereocenters. The molecule has 0 spiro atoms. The molecular formula is C15H14S2. The first kappa shape index (κ1) is 12.3. The van der Waals surface area contributed by atoms with Gasteiger partial charge in [-0.1, -0.05) is 60.7 Å². The van der Waals surface area contributed by atoms with Gasteiger partial charge in [0.05, 0.1) is 0 Å². The molecule has 2 rings (SSSR count). The van der Waals surface area contributed by atoms with Gasteiger partial charge in [0, 0.05) is 9.81 Å². The van der Waals surface area contributed by atoms with Gasteiger partial charge in [-0.2, -0.15) is 0 Å². The molecule has 0 N–H and O–H groups in total. The Kier molecular flexibility index (Phi) is 4.35. The molecule has 0 radical (unpaired) electrons. The Hall–Kier alpha value is -1.12. The summed E-state index contributed by atoms with van der Waals surface area (Å²) in [5.74, 6) is 0. The predicted octanol–water partition coefficient (Wildman–Crippen LogP) is 4.81. The van der Waals surface area contributed by atoms with E-state index in [4.69, 9.17) is 0 Å². The molecule has 0 unspecified atom stereocenters. The molecule has 0 bridgehead atoms. The number of hydrogen-bond donors (Lipinski definition) is 1. The van der Waals surface area contributed by atoms with E-state index in [0.717, 1.165) is 10.5 Å². The Bertz CT molecular complexity index is 501. The molecule has 0 amide bonds. The third-order valence-electron chi connectivity index (χ3n) is 2.50. The standard InChI is InChI=1S/C15H14S2/c1-17-15(13-10-6-3-7-11-13)14(16)12-8-4-2-5-9-12/h2-11,16H,1H3/b15-14-. The van der Waals surface area contributed by atoms with E-state index in [1.165, 1.54) is 10.5 Å². The van der Waals surface area contributed by atoms with Crippen molar-refractivity contribution in [1.82, 2.24) is 0 Å². The molecular weight excluding hydrogens is 244 g/mol. The van der Waals surface area contributed by atoms with E-state index in [1.807, 2.05) is 24.3 Å². The summed E-state index contributed by atoms with van der Waals surface area (Å²) in [4.78, 5) is 2.24. The van der Waals surface area contributed by atoms with Crippen LogP contribution in [0.1, 0.15) is 11.1 Å². The highest BCUT2D eigenvalue weighted by Gasteiger charge is 2.06. The van der Waals surface area contributed by atoms with Crippen LogP contribution in [0.25, 0.3) is 9.81 Å². The summed E-state index contributed by atoms with van der Waals surface area (Å²) < 4.78 is 0. The Morgan fingerprint density at radius 3 is 1.76 bits per heavy atom. The van der Waals surface area contributed by atoms with Crippen LogP contribution in [-0.4, -0.2) is 6.26 Å². The zero-order valence-corrected chi connectivity index (χ0v) is 11.3. The quantitative estimate of drug-likeness (QED) is 0.609. The predicted molar refractivity (Wildman–Crippen MR) is 82.2 cm³/mol. The smallest absolute Gasteiger partial charge is 0.0281 e. The average molecular weight is 258 g/mol. The van der Waals surface area contributed by atoms with Gasteiger partial charge in [0.1, 0.15) is 0 Å². The highest BCUT2D eigenvalue weighted by atomic mass is 32.2. The van der Waals surface area contributed by atoms with Crippen molar-refractivity contribution in [3.8, 4) is 0 Å². The molecule has 2 aromatic rings. The first-order chi connectivity index (χ1) is 8.33. The van der Waals surface area contributed by atoms with Crippen molar-refractivity contribution in [2.75, 3.05) is 6.26 Å². The summed E-state index contributed by atoms with van der Waals surface area (Å²) in [6, 6.07) is 20.6. The van der Waals surface area contributed by atoms with Gasteiger partial charge in [0.25, 0.3) is 0 Å². The number of benzene rings is 2. The lowest BCUT2D eigenvalue weighted by atomic mass is 10.1. The SMILES string of the molecule is CS/C(=C(\S)c1ccccc1)c1ccccc1. The third kappa shape index (κ3) is 2.96.